The number of ether oxygens (including phenoxy) is 1. The van der Waals surface area contributed by atoms with Gasteiger partial charge in [0.1, 0.15) is 8.80 Å². The van der Waals surface area contributed by atoms with Crippen molar-refractivity contribution in [1.29, 1.82) is 0 Å². The zero-order valence-electron chi connectivity index (χ0n) is 13.8. The minimum atomic E-state index is -1.40. The minimum absolute atomic E-state index is 0.127. The van der Waals surface area contributed by atoms with Gasteiger partial charge in [0.25, 0.3) is 0 Å². The summed E-state index contributed by atoms with van der Waals surface area (Å²) in [6.07, 6.45) is 0.164. The number of hydrogen-bond donors (Lipinski definition) is 0. The Labute approximate surface area is 144 Å². The van der Waals surface area contributed by atoms with E-state index in [4.69, 9.17) is 4.74 Å². The number of rotatable bonds is 5. The molecule has 0 aromatic heterocycles. The van der Waals surface area contributed by atoms with Crippen molar-refractivity contribution < 1.29 is 4.74 Å². The van der Waals surface area contributed by atoms with Crippen LogP contribution in [0.5, 0.6) is 0 Å². The molecule has 0 aliphatic carbocycles. The molecule has 2 atom stereocenters. The van der Waals surface area contributed by atoms with E-state index in [-0.39, 0.29) is 11.7 Å². The number of alkyl halides is 1. The van der Waals surface area contributed by atoms with Gasteiger partial charge in [-0.3, -0.25) is 0 Å². The molecule has 1 nitrogen and oxygen atoms in total. The second kappa shape index (κ2) is 7.58. The van der Waals surface area contributed by atoms with Gasteiger partial charge in [-0.2, -0.15) is 0 Å². The molecule has 0 aliphatic rings. The van der Waals surface area contributed by atoms with Crippen LogP contribution in [0.3, 0.4) is 0 Å². The van der Waals surface area contributed by atoms with Crippen molar-refractivity contribution in [1.82, 2.24) is 0 Å². The summed E-state index contributed by atoms with van der Waals surface area (Å²) in [4.78, 5) is 0. The Kier molecular flexibility index (Phi) is 6.01. The van der Waals surface area contributed by atoms with Crippen LogP contribution in [0, 0.1) is 0 Å². The maximum Gasteiger partial charge on any atom is 0.119 e. The summed E-state index contributed by atoms with van der Waals surface area (Å²) in [6.45, 7) is 8.52. The third-order valence-electron chi connectivity index (χ3n) is 3.62. The van der Waals surface area contributed by atoms with E-state index >= 15 is 0 Å². The van der Waals surface area contributed by atoms with E-state index in [1.165, 1.54) is 10.4 Å². The van der Waals surface area contributed by atoms with E-state index in [1.54, 1.807) is 0 Å². The Bertz CT molecular complexity index is 525. The lowest BCUT2D eigenvalue weighted by atomic mass is 10.2. The molecule has 2 rings (SSSR count). The Morgan fingerprint density at radius 2 is 1.27 bits per heavy atom. The monoisotopic (exact) mass is 376 g/mol. The Hall–Kier alpha value is -0.903. The third-order valence-corrected chi connectivity index (χ3v) is 9.34. The molecule has 0 aliphatic heterocycles. The van der Waals surface area contributed by atoms with Crippen molar-refractivity contribution in [3.05, 3.63) is 60.7 Å². The van der Waals surface area contributed by atoms with Crippen molar-refractivity contribution in [2.24, 2.45) is 0 Å². The van der Waals surface area contributed by atoms with Crippen LogP contribution in [0.1, 0.15) is 27.7 Å². The Morgan fingerprint density at radius 1 is 0.864 bits per heavy atom. The molecule has 0 saturated heterocycles. The second-order valence-electron chi connectivity index (χ2n) is 6.68. The first-order valence-corrected chi connectivity index (χ1v) is 10.5. The number of halogens is 1. The summed E-state index contributed by atoms with van der Waals surface area (Å²) in [5, 5.41) is 2.89. The van der Waals surface area contributed by atoms with Gasteiger partial charge in [0, 0.05) is 4.45 Å². The van der Waals surface area contributed by atoms with Crippen LogP contribution in [0.25, 0.3) is 0 Å². The highest BCUT2D eigenvalue weighted by atomic mass is 79.9. The lowest BCUT2D eigenvalue weighted by Crippen LogP contribution is -2.54. The van der Waals surface area contributed by atoms with Gasteiger partial charge in [-0.1, -0.05) is 87.0 Å². The summed E-state index contributed by atoms with van der Waals surface area (Å²) < 4.78 is 6.56. The van der Waals surface area contributed by atoms with E-state index in [2.05, 4.69) is 104 Å². The molecule has 0 heterocycles. The molecule has 2 unspecified atom stereocenters. The van der Waals surface area contributed by atoms with Crippen LogP contribution in [0.2, 0.25) is 0 Å². The molecule has 0 N–H and O–H groups in total. The number of benzene rings is 2. The maximum absolute atomic E-state index is 6.21. The molecule has 2 aromatic rings. The summed E-state index contributed by atoms with van der Waals surface area (Å²) in [7, 11) is -1.40. The van der Waals surface area contributed by atoms with Crippen molar-refractivity contribution >= 4 is 35.1 Å². The molecule has 0 saturated carbocycles. The topological polar surface area (TPSA) is 9.23 Å². The first-order valence-electron chi connectivity index (χ1n) is 7.80. The zero-order valence-corrected chi connectivity index (χ0v) is 16.5. The molecule has 0 fully saturated rings. The van der Waals surface area contributed by atoms with Crippen molar-refractivity contribution in [2.45, 2.75) is 43.9 Å². The van der Waals surface area contributed by atoms with E-state index in [9.17, 15) is 0 Å². The average molecular weight is 377 g/mol. The van der Waals surface area contributed by atoms with Gasteiger partial charge in [-0.25, -0.2) is 0 Å². The quantitative estimate of drug-likeness (QED) is 0.572. The smallest absolute Gasteiger partial charge is 0.119 e. The van der Waals surface area contributed by atoms with Crippen molar-refractivity contribution in [2.75, 3.05) is 0 Å². The van der Waals surface area contributed by atoms with Crippen LogP contribution in [0.15, 0.2) is 60.7 Å². The summed E-state index contributed by atoms with van der Waals surface area (Å²) >= 11 is 3.97. The van der Waals surface area contributed by atoms with Gasteiger partial charge < -0.3 is 4.74 Å². The van der Waals surface area contributed by atoms with Crippen LogP contribution in [-0.4, -0.2) is 25.0 Å². The molecular formula is C19H25BrOSi. The standard InChI is InChI=1S/C19H25BrOSi/c1-15(21-19(2,3)4)18(20)22(16-11-7-5-8-12-16)17-13-9-6-10-14-17/h5-15,18,22H,1-4H3. The van der Waals surface area contributed by atoms with Gasteiger partial charge in [-0.15, -0.1) is 0 Å². The molecule has 0 spiro atoms. The molecule has 0 radical (unpaired) electrons. The third kappa shape index (κ3) is 4.80. The molecule has 2 aromatic carbocycles. The van der Waals surface area contributed by atoms with Gasteiger partial charge in [0.2, 0.25) is 0 Å². The van der Waals surface area contributed by atoms with Crippen molar-refractivity contribution in [3.8, 4) is 0 Å². The van der Waals surface area contributed by atoms with E-state index < -0.39 is 8.80 Å². The van der Waals surface area contributed by atoms with Gasteiger partial charge in [0.05, 0.1) is 11.7 Å². The summed E-state index contributed by atoms with van der Waals surface area (Å²) in [6, 6.07) is 21.7. The Morgan fingerprint density at radius 3 is 1.64 bits per heavy atom. The number of hydrogen-bond acceptors (Lipinski definition) is 1. The molecule has 22 heavy (non-hydrogen) atoms. The average Bonchev–Trinajstić information content (AvgIpc) is 2.48. The second-order valence-corrected chi connectivity index (χ2v) is 11.7. The minimum Gasteiger partial charge on any atom is -0.372 e. The van der Waals surface area contributed by atoms with E-state index in [0.717, 1.165) is 0 Å². The van der Waals surface area contributed by atoms with Crippen molar-refractivity contribution in [3.63, 3.8) is 0 Å². The van der Waals surface area contributed by atoms with Crippen LogP contribution >= 0.6 is 15.9 Å². The van der Waals surface area contributed by atoms with Crippen LogP contribution < -0.4 is 10.4 Å². The van der Waals surface area contributed by atoms with Gasteiger partial charge >= 0.3 is 0 Å². The fourth-order valence-electron chi connectivity index (χ4n) is 2.77. The summed E-state index contributed by atoms with van der Waals surface area (Å²) in [5.74, 6) is 0. The van der Waals surface area contributed by atoms with E-state index in [1.807, 2.05) is 0 Å². The lowest BCUT2D eigenvalue weighted by Gasteiger charge is -2.32. The SMILES string of the molecule is CC(OC(C)(C)C)C(Br)[SiH](c1ccccc1)c1ccccc1. The predicted molar refractivity (Wildman–Crippen MR) is 102 cm³/mol. The van der Waals surface area contributed by atoms with Gasteiger partial charge in [0.15, 0.2) is 0 Å². The van der Waals surface area contributed by atoms with Crippen LogP contribution in [0.4, 0.5) is 0 Å². The highest BCUT2D eigenvalue weighted by Crippen LogP contribution is 2.19. The lowest BCUT2D eigenvalue weighted by molar-refractivity contribution is -0.0440. The predicted octanol–water partition coefficient (Wildman–Crippen LogP) is 3.53. The first kappa shape index (κ1) is 17.5. The Balaban J connectivity index is 2.33. The molecular weight excluding hydrogens is 352 g/mol. The van der Waals surface area contributed by atoms with Gasteiger partial charge in [-0.05, 0) is 27.7 Å². The normalized spacial score (nSPS) is 14.8. The molecule has 118 valence electrons. The van der Waals surface area contributed by atoms with E-state index in [0.29, 0.717) is 4.45 Å². The maximum atomic E-state index is 6.21. The molecule has 3 heteroatoms. The molecule has 0 bridgehead atoms. The summed E-state index contributed by atoms with van der Waals surface area (Å²) in [5.41, 5.74) is -0.127. The largest absolute Gasteiger partial charge is 0.372 e. The highest BCUT2D eigenvalue weighted by Gasteiger charge is 2.31. The first-order chi connectivity index (χ1) is 10.4. The molecule has 0 amide bonds. The zero-order chi connectivity index (χ0) is 16.2. The highest BCUT2D eigenvalue weighted by molar-refractivity contribution is 9.10. The fraction of sp³-hybridized carbons (Fsp3) is 0.368. The fourth-order valence-corrected chi connectivity index (χ4v) is 7.73. The van der Waals surface area contributed by atoms with Crippen LogP contribution in [-0.2, 0) is 4.74 Å².